The van der Waals surface area contributed by atoms with Crippen molar-refractivity contribution in [2.45, 2.75) is 18.9 Å². The number of nitrogens with zero attached hydrogens (tertiary/aromatic N) is 1. The Kier molecular flexibility index (Phi) is 5.40. The number of carbonyl (C=O) groups is 3. The van der Waals surface area contributed by atoms with Gasteiger partial charge in [0.2, 0.25) is 17.7 Å². The summed E-state index contributed by atoms with van der Waals surface area (Å²) in [7, 11) is 3.05. The third-order valence-electron chi connectivity index (χ3n) is 7.06. The Hall–Kier alpha value is -3.61. The van der Waals surface area contributed by atoms with Crippen LogP contribution in [0.2, 0.25) is 0 Å². The molecule has 7 nitrogen and oxygen atoms in total. The summed E-state index contributed by atoms with van der Waals surface area (Å²) in [4.78, 5) is 41.7. The number of benzene rings is 2. The second-order valence-electron chi connectivity index (χ2n) is 8.81. The van der Waals surface area contributed by atoms with E-state index in [1.165, 1.54) is 19.1 Å². The molecule has 170 valence electrons. The van der Waals surface area contributed by atoms with E-state index in [0.717, 1.165) is 12.0 Å². The third-order valence-corrected chi connectivity index (χ3v) is 7.06. The fraction of sp³-hybridized carbons (Fsp3) is 0.346. The van der Waals surface area contributed by atoms with Gasteiger partial charge in [-0.15, -0.1) is 0 Å². The van der Waals surface area contributed by atoms with Crippen LogP contribution >= 0.6 is 0 Å². The molecule has 0 radical (unpaired) electrons. The molecule has 0 aromatic heterocycles. The zero-order valence-electron chi connectivity index (χ0n) is 18.6. The maximum absolute atomic E-state index is 13.6. The second-order valence-corrected chi connectivity index (χ2v) is 8.81. The number of ether oxygens (including phenoxy) is 2. The van der Waals surface area contributed by atoms with Crippen LogP contribution in [0.5, 0.6) is 11.5 Å². The summed E-state index contributed by atoms with van der Waals surface area (Å²) in [6.07, 6.45) is 5.18. The summed E-state index contributed by atoms with van der Waals surface area (Å²) in [5.41, 5.74) is 1.29. The monoisotopic (exact) mass is 446 g/mol. The fourth-order valence-corrected chi connectivity index (χ4v) is 5.50. The first-order chi connectivity index (χ1) is 16.0. The van der Waals surface area contributed by atoms with Crippen LogP contribution in [0.25, 0.3) is 0 Å². The lowest BCUT2D eigenvalue weighted by Crippen LogP contribution is -2.49. The number of hydrogen-bond donors (Lipinski definition) is 1. The van der Waals surface area contributed by atoms with Gasteiger partial charge in [0.15, 0.2) is 0 Å². The molecule has 7 heteroatoms. The molecule has 2 aliphatic carbocycles. The summed E-state index contributed by atoms with van der Waals surface area (Å²) in [5.74, 6) is -0.453. The number of fused-ring (bicyclic) bond motifs is 5. The molecule has 3 aliphatic rings. The summed E-state index contributed by atoms with van der Waals surface area (Å²) >= 11 is 0. The molecule has 5 atom stereocenters. The predicted molar refractivity (Wildman–Crippen MR) is 122 cm³/mol. The first-order valence-electron chi connectivity index (χ1n) is 11.1. The van der Waals surface area contributed by atoms with Crippen molar-refractivity contribution in [2.75, 3.05) is 19.5 Å². The van der Waals surface area contributed by atoms with Gasteiger partial charge in [0.05, 0.1) is 31.7 Å². The number of carbonyl (C=O) groups excluding carboxylic acids is 3. The molecule has 1 saturated carbocycles. The van der Waals surface area contributed by atoms with Crippen molar-refractivity contribution in [1.82, 2.24) is 4.90 Å². The van der Waals surface area contributed by atoms with E-state index in [1.54, 1.807) is 18.2 Å². The molecular weight excluding hydrogens is 420 g/mol. The second kappa shape index (κ2) is 8.39. The van der Waals surface area contributed by atoms with Crippen LogP contribution in [0.4, 0.5) is 5.69 Å². The van der Waals surface area contributed by atoms with E-state index in [1.807, 2.05) is 42.5 Å². The highest BCUT2D eigenvalue weighted by Gasteiger charge is 2.61. The van der Waals surface area contributed by atoms with Crippen LogP contribution in [0.1, 0.15) is 12.0 Å². The minimum Gasteiger partial charge on any atom is -0.497 e. The number of nitrogens with one attached hydrogen (secondary N) is 1. The van der Waals surface area contributed by atoms with Crippen LogP contribution in [-0.4, -0.2) is 42.9 Å². The van der Waals surface area contributed by atoms with Crippen molar-refractivity contribution in [2.24, 2.45) is 23.7 Å². The van der Waals surface area contributed by atoms with Gasteiger partial charge < -0.3 is 14.8 Å². The maximum Gasteiger partial charge on any atom is 0.248 e. The fourth-order valence-electron chi connectivity index (χ4n) is 5.50. The maximum atomic E-state index is 13.6. The highest BCUT2D eigenvalue weighted by Crippen LogP contribution is 2.53. The van der Waals surface area contributed by atoms with Gasteiger partial charge >= 0.3 is 0 Å². The summed E-state index contributed by atoms with van der Waals surface area (Å²) in [6, 6.07) is 13.5. The summed E-state index contributed by atoms with van der Waals surface area (Å²) < 4.78 is 10.7. The largest absolute Gasteiger partial charge is 0.497 e. The smallest absolute Gasteiger partial charge is 0.248 e. The van der Waals surface area contributed by atoms with E-state index in [-0.39, 0.29) is 41.9 Å². The van der Waals surface area contributed by atoms with Crippen molar-refractivity contribution in [3.8, 4) is 11.5 Å². The lowest BCUT2D eigenvalue weighted by atomic mass is 9.85. The average Bonchev–Trinajstić information content (AvgIpc) is 3.52. The number of anilines is 1. The van der Waals surface area contributed by atoms with Crippen molar-refractivity contribution in [3.63, 3.8) is 0 Å². The Morgan fingerprint density at radius 3 is 2.27 bits per heavy atom. The van der Waals surface area contributed by atoms with E-state index in [9.17, 15) is 14.4 Å². The number of methoxy groups -OCH3 is 2. The van der Waals surface area contributed by atoms with Crippen LogP contribution in [0, 0.1) is 23.7 Å². The van der Waals surface area contributed by atoms with E-state index < -0.39 is 11.9 Å². The van der Waals surface area contributed by atoms with Crippen molar-refractivity contribution in [3.05, 3.63) is 66.2 Å². The molecule has 2 bridgehead atoms. The zero-order chi connectivity index (χ0) is 23.1. The first-order valence-corrected chi connectivity index (χ1v) is 11.1. The van der Waals surface area contributed by atoms with Crippen molar-refractivity contribution < 1.29 is 23.9 Å². The Labute approximate surface area is 192 Å². The number of allylic oxidation sites excluding steroid dienone is 2. The number of imide groups is 1. The molecule has 2 aromatic carbocycles. The predicted octanol–water partition coefficient (Wildman–Crippen LogP) is 3.06. The van der Waals surface area contributed by atoms with Gasteiger partial charge in [0.25, 0.3) is 0 Å². The summed E-state index contributed by atoms with van der Waals surface area (Å²) in [6.45, 7) is 0. The molecule has 2 fully saturated rings. The topological polar surface area (TPSA) is 84.9 Å². The van der Waals surface area contributed by atoms with Crippen LogP contribution < -0.4 is 14.8 Å². The van der Waals surface area contributed by atoms with Gasteiger partial charge in [-0.25, -0.2) is 0 Å². The number of hydrogen-bond acceptors (Lipinski definition) is 5. The van der Waals surface area contributed by atoms with Gasteiger partial charge in [-0.05, 0) is 36.0 Å². The minimum atomic E-state index is -0.965. The van der Waals surface area contributed by atoms with E-state index >= 15 is 0 Å². The lowest BCUT2D eigenvalue weighted by molar-refractivity contribution is -0.147. The average molecular weight is 447 g/mol. The van der Waals surface area contributed by atoms with Gasteiger partial charge in [0, 0.05) is 12.5 Å². The number of rotatable bonds is 7. The molecule has 1 heterocycles. The zero-order valence-corrected chi connectivity index (χ0v) is 18.6. The first kappa shape index (κ1) is 21.2. The molecular formula is C26H26N2O5. The van der Waals surface area contributed by atoms with E-state index in [0.29, 0.717) is 17.2 Å². The van der Waals surface area contributed by atoms with Gasteiger partial charge in [-0.1, -0.05) is 42.5 Å². The van der Waals surface area contributed by atoms with E-state index in [4.69, 9.17) is 9.47 Å². The van der Waals surface area contributed by atoms with Crippen LogP contribution in [-0.2, 0) is 20.8 Å². The normalized spacial score (nSPS) is 25.8. The van der Waals surface area contributed by atoms with Crippen molar-refractivity contribution >= 4 is 23.4 Å². The molecule has 2 aromatic rings. The number of likely N-dealkylation sites (tertiary alicyclic amines) is 1. The Bertz CT molecular complexity index is 1100. The molecule has 0 spiro atoms. The highest BCUT2D eigenvalue weighted by atomic mass is 16.5. The Morgan fingerprint density at radius 1 is 1.00 bits per heavy atom. The molecule has 1 N–H and O–H groups in total. The van der Waals surface area contributed by atoms with Crippen molar-refractivity contribution in [1.29, 1.82) is 0 Å². The summed E-state index contributed by atoms with van der Waals surface area (Å²) in [5, 5.41) is 2.87. The van der Waals surface area contributed by atoms with Gasteiger partial charge in [-0.2, -0.15) is 0 Å². The standard InChI is InChI=1S/C26H26N2O5/c1-32-18-10-11-21(33-2)19(14-18)27-24(29)20(12-15-6-4-3-5-7-15)28-25(30)22-16-8-9-17(13-16)23(22)26(28)31/h3-11,14,16-17,20,22-23H,12-13H2,1-2H3,(H,27,29). The lowest BCUT2D eigenvalue weighted by Gasteiger charge is -2.27. The van der Waals surface area contributed by atoms with Gasteiger partial charge in [0.1, 0.15) is 17.5 Å². The number of amides is 3. The van der Waals surface area contributed by atoms with Crippen LogP contribution in [0.15, 0.2) is 60.7 Å². The molecule has 5 rings (SSSR count). The van der Waals surface area contributed by atoms with Crippen LogP contribution in [0.3, 0.4) is 0 Å². The third kappa shape index (κ3) is 3.57. The van der Waals surface area contributed by atoms with Gasteiger partial charge in [-0.3, -0.25) is 19.3 Å². The minimum absolute atomic E-state index is 0.0837. The molecule has 1 saturated heterocycles. The SMILES string of the molecule is COc1ccc(OC)c(NC(=O)C(Cc2ccccc2)N2C(=O)C3C4C=CC(C4)C3C2=O)c1. The Balaban J connectivity index is 1.47. The highest BCUT2D eigenvalue weighted by molar-refractivity contribution is 6.11. The quantitative estimate of drug-likeness (QED) is 0.522. The Morgan fingerprint density at radius 2 is 1.67 bits per heavy atom. The molecule has 33 heavy (non-hydrogen) atoms. The molecule has 3 amide bonds. The molecule has 1 aliphatic heterocycles. The molecule has 5 unspecified atom stereocenters. The van der Waals surface area contributed by atoms with E-state index in [2.05, 4.69) is 5.32 Å².